The largest absolute Gasteiger partial charge is 0.469 e. The fourth-order valence-corrected chi connectivity index (χ4v) is 3.11. The Morgan fingerprint density at radius 1 is 1.15 bits per heavy atom. The van der Waals surface area contributed by atoms with Crippen molar-refractivity contribution in [2.24, 2.45) is 5.73 Å². The molecule has 1 amide bonds. The number of nitrogens with two attached hydrogens (primary N) is 1. The van der Waals surface area contributed by atoms with Gasteiger partial charge in [-0.25, -0.2) is 0 Å². The van der Waals surface area contributed by atoms with Gasteiger partial charge in [0.25, 0.3) is 11.8 Å². The second-order valence-electron chi connectivity index (χ2n) is 6.88. The van der Waals surface area contributed by atoms with E-state index in [1.54, 1.807) is 42.5 Å². The molecule has 0 spiro atoms. The lowest BCUT2D eigenvalue weighted by Gasteiger charge is -2.09. The summed E-state index contributed by atoms with van der Waals surface area (Å²) in [6.45, 7) is -0.142. The van der Waals surface area contributed by atoms with E-state index in [9.17, 15) is 9.59 Å². The highest BCUT2D eigenvalue weighted by Crippen LogP contribution is 2.33. The molecule has 1 aromatic carbocycles. The molecule has 0 saturated carbocycles. The number of pyridine rings is 1. The molecule has 0 atom stereocenters. The van der Waals surface area contributed by atoms with Crippen LogP contribution >= 0.6 is 11.6 Å². The summed E-state index contributed by atoms with van der Waals surface area (Å²) in [5.74, 6) is -0.171. The third-order valence-corrected chi connectivity index (χ3v) is 4.90. The number of hydrogen-bond donors (Lipinski definition) is 3. The number of anilines is 2. The van der Waals surface area contributed by atoms with Crippen LogP contribution in [0.5, 0.6) is 5.88 Å². The molecule has 0 aliphatic heterocycles. The van der Waals surface area contributed by atoms with Crippen LogP contribution in [0.1, 0.15) is 26.6 Å². The summed E-state index contributed by atoms with van der Waals surface area (Å²) in [7, 11) is 1.52. The van der Waals surface area contributed by atoms with Crippen molar-refractivity contribution in [2.45, 2.75) is 6.61 Å². The van der Waals surface area contributed by atoms with Crippen molar-refractivity contribution in [3.05, 3.63) is 70.7 Å². The topological polar surface area (TPSA) is 145 Å². The van der Waals surface area contributed by atoms with Gasteiger partial charge in [0.1, 0.15) is 12.3 Å². The van der Waals surface area contributed by atoms with Crippen LogP contribution in [-0.4, -0.2) is 40.5 Å². The first kappa shape index (κ1) is 22.2. The van der Waals surface area contributed by atoms with E-state index in [1.807, 2.05) is 0 Å². The number of Topliss-reactive ketones (excluding diaryl/α,β-unsaturated/α-hetero) is 1. The lowest BCUT2D eigenvalue weighted by Crippen LogP contribution is -2.19. The molecule has 4 rings (SSSR count). The van der Waals surface area contributed by atoms with Gasteiger partial charge in [0.2, 0.25) is 11.4 Å². The second-order valence-corrected chi connectivity index (χ2v) is 7.32. The number of aromatic nitrogens is 3. The van der Waals surface area contributed by atoms with Crippen LogP contribution in [0.15, 0.2) is 53.1 Å². The first-order valence-corrected chi connectivity index (χ1v) is 10.2. The predicted molar refractivity (Wildman–Crippen MR) is 122 cm³/mol. The average Bonchev–Trinajstić information content (AvgIpc) is 3.30. The van der Waals surface area contributed by atoms with Gasteiger partial charge in [0, 0.05) is 24.0 Å². The Hall–Kier alpha value is -4.02. The monoisotopic (exact) mass is 466 g/mol. The minimum Gasteiger partial charge on any atom is -0.469 e. The van der Waals surface area contributed by atoms with Crippen molar-refractivity contribution in [2.75, 3.05) is 18.9 Å². The molecule has 0 radical (unpaired) electrons. The van der Waals surface area contributed by atoms with Crippen LogP contribution < -0.4 is 21.1 Å². The summed E-state index contributed by atoms with van der Waals surface area (Å²) >= 11 is 5.94. The highest BCUT2D eigenvalue weighted by Gasteiger charge is 2.20. The van der Waals surface area contributed by atoms with E-state index in [2.05, 4.69) is 25.8 Å². The molecule has 3 aromatic heterocycles. The molecule has 4 N–H and O–H groups in total. The van der Waals surface area contributed by atoms with Crippen molar-refractivity contribution in [1.29, 1.82) is 0 Å². The van der Waals surface area contributed by atoms with Gasteiger partial charge < -0.3 is 25.5 Å². The van der Waals surface area contributed by atoms with Crippen LogP contribution in [0, 0.1) is 0 Å². The van der Waals surface area contributed by atoms with Gasteiger partial charge in [0.15, 0.2) is 11.6 Å². The van der Waals surface area contributed by atoms with E-state index in [1.165, 1.54) is 13.2 Å². The van der Waals surface area contributed by atoms with Crippen molar-refractivity contribution in [1.82, 2.24) is 20.5 Å². The van der Waals surface area contributed by atoms with Gasteiger partial charge >= 0.3 is 0 Å². The van der Waals surface area contributed by atoms with Crippen molar-refractivity contribution >= 4 is 45.8 Å². The molecule has 0 saturated heterocycles. The number of furan rings is 1. The maximum Gasteiger partial charge on any atom is 0.278 e. The molecule has 168 valence electrons. The summed E-state index contributed by atoms with van der Waals surface area (Å²) < 4.78 is 11.5. The number of halogens is 1. The van der Waals surface area contributed by atoms with Gasteiger partial charge in [-0.05, 0) is 48.0 Å². The average molecular weight is 467 g/mol. The molecule has 11 heteroatoms. The zero-order valence-corrected chi connectivity index (χ0v) is 18.2. The Bertz CT molecular complexity index is 1320. The number of ether oxygens (including phenoxy) is 1. The number of hydrogen-bond acceptors (Lipinski definition) is 9. The molecular formula is C22H19ClN6O4. The van der Waals surface area contributed by atoms with Crippen LogP contribution in [0.2, 0.25) is 5.02 Å². The van der Waals surface area contributed by atoms with Crippen LogP contribution in [-0.2, 0) is 6.61 Å². The van der Waals surface area contributed by atoms with E-state index in [0.717, 1.165) is 5.69 Å². The smallest absolute Gasteiger partial charge is 0.278 e. The van der Waals surface area contributed by atoms with E-state index >= 15 is 0 Å². The lowest BCUT2D eigenvalue weighted by molar-refractivity contribution is 0.0955. The third-order valence-electron chi connectivity index (χ3n) is 4.65. The van der Waals surface area contributed by atoms with E-state index in [0.29, 0.717) is 21.8 Å². The number of rotatable bonds is 8. The van der Waals surface area contributed by atoms with Crippen LogP contribution in [0.25, 0.3) is 11.0 Å². The molecule has 0 aliphatic carbocycles. The summed E-state index contributed by atoms with van der Waals surface area (Å²) in [4.78, 5) is 28.0. The number of carbonyl (C=O) groups is 2. The normalized spacial score (nSPS) is 10.8. The Balaban J connectivity index is 1.65. The molecule has 0 aliphatic rings. The van der Waals surface area contributed by atoms with Gasteiger partial charge in [-0.15, -0.1) is 10.2 Å². The maximum absolute atomic E-state index is 12.1. The van der Waals surface area contributed by atoms with Crippen LogP contribution in [0.4, 0.5) is 11.5 Å². The molecule has 33 heavy (non-hydrogen) atoms. The Morgan fingerprint density at radius 3 is 2.67 bits per heavy atom. The summed E-state index contributed by atoms with van der Waals surface area (Å²) in [6.07, 6.45) is 1.51. The first-order valence-electron chi connectivity index (χ1n) is 9.84. The number of benzene rings is 1. The van der Waals surface area contributed by atoms with E-state index in [-0.39, 0.29) is 47.8 Å². The molecule has 10 nitrogen and oxygen atoms in total. The molecular weight excluding hydrogens is 448 g/mol. The summed E-state index contributed by atoms with van der Waals surface area (Å²) in [5, 5.41) is 15.0. The van der Waals surface area contributed by atoms with E-state index < -0.39 is 0 Å². The number of ketones is 1. The Morgan fingerprint density at radius 2 is 1.94 bits per heavy atom. The highest BCUT2D eigenvalue weighted by atomic mass is 35.5. The predicted octanol–water partition coefficient (Wildman–Crippen LogP) is 3.09. The van der Waals surface area contributed by atoms with Gasteiger partial charge in [-0.3, -0.25) is 14.6 Å². The standard InChI is InChI=1S/C22H19ClN6O4/c1-25-21(31)16-8-12(6-7-26-16)11-32-22-19-15(9-18(33-19)17(30)10-24)20(28-29-22)27-14-4-2-13(23)3-5-14/h2-9H,10-11,24H2,1H3,(H,25,31)(H,27,28). The minimum absolute atomic E-state index is 0.0668. The Labute approximate surface area is 193 Å². The van der Waals surface area contributed by atoms with Crippen molar-refractivity contribution in [3.8, 4) is 5.88 Å². The summed E-state index contributed by atoms with van der Waals surface area (Å²) in [5.41, 5.74) is 7.38. The van der Waals surface area contributed by atoms with Gasteiger partial charge in [-0.1, -0.05) is 11.6 Å². The van der Waals surface area contributed by atoms with E-state index in [4.69, 9.17) is 26.5 Å². The zero-order chi connectivity index (χ0) is 23.4. The number of nitrogens with one attached hydrogen (secondary N) is 2. The molecule has 4 aromatic rings. The molecule has 0 fully saturated rings. The SMILES string of the molecule is CNC(=O)c1cc(COc2nnc(Nc3ccc(Cl)cc3)c3cc(C(=O)CN)oc23)ccn1. The molecule has 3 heterocycles. The summed E-state index contributed by atoms with van der Waals surface area (Å²) in [6, 6.07) is 11.9. The molecule has 0 unspecified atom stereocenters. The number of amides is 1. The highest BCUT2D eigenvalue weighted by molar-refractivity contribution is 6.30. The second kappa shape index (κ2) is 9.63. The third kappa shape index (κ3) is 4.92. The Kier molecular flexibility index (Phi) is 6.48. The number of fused-ring (bicyclic) bond motifs is 1. The van der Waals surface area contributed by atoms with Crippen LogP contribution in [0.3, 0.4) is 0 Å². The quantitative estimate of drug-likeness (QED) is 0.333. The fourth-order valence-electron chi connectivity index (χ4n) is 2.98. The number of carbonyl (C=O) groups excluding carboxylic acids is 2. The minimum atomic E-state index is -0.376. The number of nitrogens with zero attached hydrogens (tertiary/aromatic N) is 3. The maximum atomic E-state index is 12.1. The fraction of sp³-hybridized carbons (Fsp3) is 0.136. The first-order chi connectivity index (χ1) is 16.0. The lowest BCUT2D eigenvalue weighted by atomic mass is 10.2. The van der Waals surface area contributed by atoms with Gasteiger partial charge in [0.05, 0.1) is 11.9 Å². The molecule has 0 bridgehead atoms. The zero-order valence-electron chi connectivity index (χ0n) is 17.5. The van der Waals surface area contributed by atoms with Gasteiger partial charge in [-0.2, -0.15) is 0 Å². The van der Waals surface area contributed by atoms with Crippen molar-refractivity contribution < 1.29 is 18.7 Å². The van der Waals surface area contributed by atoms with Crippen molar-refractivity contribution in [3.63, 3.8) is 0 Å².